The molecular formula is C29H25ClF2N2O4S. The van der Waals surface area contributed by atoms with Gasteiger partial charge in [-0.1, -0.05) is 41.6 Å². The molecule has 1 amide bonds. The Labute approximate surface area is 233 Å². The quantitative estimate of drug-likeness (QED) is 0.260. The number of carbonyl (C=O) groups excluding carboxylic acids is 1. The first kappa shape index (κ1) is 27.2. The minimum Gasteiger partial charge on any atom is -0.478 e. The van der Waals surface area contributed by atoms with Crippen LogP contribution in [0.15, 0.2) is 70.5 Å². The van der Waals surface area contributed by atoms with Gasteiger partial charge in [0.1, 0.15) is 12.4 Å². The monoisotopic (exact) mass is 570 g/mol. The molecule has 3 aromatic carbocycles. The first-order valence-electron chi connectivity index (χ1n) is 12.3. The van der Waals surface area contributed by atoms with Crippen molar-refractivity contribution in [1.29, 1.82) is 0 Å². The number of carboxylic acids is 1. The molecule has 1 atom stereocenters. The van der Waals surface area contributed by atoms with E-state index >= 15 is 4.39 Å². The van der Waals surface area contributed by atoms with Gasteiger partial charge < -0.3 is 19.3 Å². The number of amides is 1. The minimum atomic E-state index is -1.04. The van der Waals surface area contributed by atoms with Crippen LogP contribution in [0.2, 0.25) is 5.02 Å². The average molecular weight is 571 g/mol. The summed E-state index contributed by atoms with van der Waals surface area (Å²) in [6, 6.07) is 15.8. The van der Waals surface area contributed by atoms with Crippen molar-refractivity contribution in [3.63, 3.8) is 0 Å². The SMILES string of the molecule is Cc1c(Sc2cccc(C(=O)O)c2)c2ccc(Cl)c(F)c2n1CC(=O)N1CCC(OCc2ccc(F)cc2)C1. The minimum absolute atomic E-state index is 0.0476. The summed E-state index contributed by atoms with van der Waals surface area (Å²) in [6.07, 6.45) is 0.514. The van der Waals surface area contributed by atoms with Crippen LogP contribution in [0.3, 0.4) is 0 Å². The standard InChI is InChI=1S/C29H25ClF2N2O4S/c1-17-28(39-22-4-2-3-19(13-22)29(36)37)23-9-10-24(30)26(32)27(23)34(17)15-25(35)33-12-11-21(14-33)38-16-18-5-7-20(31)8-6-18/h2-10,13,21H,11-12,14-16H2,1H3,(H,36,37). The fraction of sp³-hybridized carbons (Fsp3) is 0.241. The summed E-state index contributed by atoms with van der Waals surface area (Å²) in [5.74, 6) is -2.13. The van der Waals surface area contributed by atoms with E-state index < -0.39 is 11.8 Å². The van der Waals surface area contributed by atoms with Gasteiger partial charge in [-0.3, -0.25) is 4.79 Å². The molecule has 0 spiro atoms. The maximum atomic E-state index is 15.3. The molecule has 1 fully saturated rings. The zero-order chi connectivity index (χ0) is 27.7. The highest BCUT2D eigenvalue weighted by molar-refractivity contribution is 7.99. The Kier molecular flexibility index (Phi) is 7.93. The van der Waals surface area contributed by atoms with E-state index in [-0.39, 0.29) is 40.5 Å². The van der Waals surface area contributed by atoms with Crippen LogP contribution in [0, 0.1) is 18.6 Å². The molecule has 1 aliphatic heterocycles. The largest absolute Gasteiger partial charge is 0.478 e. The molecule has 1 unspecified atom stereocenters. The fourth-order valence-electron chi connectivity index (χ4n) is 4.73. The van der Waals surface area contributed by atoms with Crippen LogP contribution in [-0.2, 0) is 22.7 Å². The molecule has 0 radical (unpaired) electrons. The number of aromatic carboxylic acids is 1. The second-order valence-corrected chi connectivity index (χ2v) is 10.9. The molecule has 1 aromatic heterocycles. The van der Waals surface area contributed by atoms with Gasteiger partial charge in [-0.05, 0) is 61.4 Å². The second-order valence-electron chi connectivity index (χ2n) is 9.38. The lowest BCUT2D eigenvalue weighted by atomic mass is 10.2. The predicted molar refractivity (Wildman–Crippen MR) is 145 cm³/mol. The van der Waals surface area contributed by atoms with Crippen LogP contribution >= 0.6 is 23.4 Å². The maximum Gasteiger partial charge on any atom is 0.335 e. The summed E-state index contributed by atoms with van der Waals surface area (Å²) in [5, 5.41) is 9.90. The van der Waals surface area contributed by atoms with Gasteiger partial charge in [0.25, 0.3) is 0 Å². The molecule has 5 rings (SSSR count). The highest BCUT2D eigenvalue weighted by Crippen LogP contribution is 2.40. The molecule has 39 heavy (non-hydrogen) atoms. The van der Waals surface area contributed by atoms with Crippen LogP contribution < -0.4 is 0 Å². The molecule has 0 bridgehead atoms. The summed E-state index contributed by atoms with van der Waals surface area (Å²) in [7, 11) is 0. The van der Waals surface area contributed by atoms with Gasteiger partial charge in [0, 0.05) is 34.0 Å². The fourth-order valence-corrected chi connectivity index (χ4v) is 5.98. The third kappa shape index (κ3) is 5.80. The Morgan fingerprint density at radius 1 is 1.13 bits per heavy atom. The Morgan fingerprint density at radius 2 is 1.90 bits per heavy atom. The molecule has 4 aromatic rings. The zero-order valence-corrected chi connectivity index (χ0v) is 22.6. The predicted octanol–water partition coefficient (Wildman–Crippen LogP) is 6.55. The molecule has 0 aliphatic carbocycles. The summed E-state index contributed by atoms with van der Waals surface area (Å²) in [6.45, 7) is 2.97. The van der Waals surface area contributed by atoms with Gasteiger partial charge in [-0.15, -0.1) is 0 Å². The molecular weight excluding hydrogens is 546 g/mol. The number of hydrogen-bond acceptors (Lipinski definition) is 4. The lowest BCUT2D eigenvalue weighted by molar-refractivity contribution is -0.131. The molecule has 1 aliphatic rings. The number of aromatic nitrogens is 1. The highest BCUT2D eigenvalue weighted by atomic mass is 35.5. The topological polar surface area (TPSA) is 71.8 Å². The molecule has 1 saturated heterocycles. The van der Waals surface area contributed by atoms with E-state index in [9.17, 15) is 19.1 Å². The number of carbonyl (C=O) groups is 2. The van der Waals surface area contributed by atoms with E-state index in [4.69, 9.17) is 16.3 Å². The van der Waals surface area contributed by atoms with E-state index in [0.717, 1.165) is 10.5 Å². The molecule has 202 valence electrons. The van der Waals surface area contributed by atoms with E-state index in [0.29, 0.717) is 42.1 Å². The number of nitrogens with zero attached hydrogens (tertiary/aromatic N) is 2. The van der Waals surface area contributed by atoms with Crippen molar-refractivity contribution in [1.82, 2.24) is 9.47 Å². The van der Waals surface area contributed by atoms with Crippen molar-refractivity contribution in [3.8, 4) is 0 Å². The summed E-state index contributed by atoms with van der Waals surface area (Å²) in [5.41, 5.74) is 1.90. The Morgan fingerprint density at radius 3 is 2.64 bits per heavy atom. The number of halogens is 3. The second kappa shape index (κ2) is 11.4. The molecule has 0 saturated carbocycles. The van der Waals surface area contributed by atoms with Crippen LogP contribution in [-0.4, -0.2) is 45.6 Å². The van der Waals surface area contributed by atoms with Crippen LogP contribution in [0.4, 0.5) is 8.78 Å². The lowest BCUT2D eigenvalue weighted by Crippen LogP contribution is -2.33. The van der Waals surface area contributed by atoms with Gasteiger partial charge in [0.15, 0.2) is 5.82 Å². The molecule has 2 heterocycles. The van der Waals surface area contributed by atoms with E-state index in [1.54, 1.807) is 45.9 Å². The van der Waals surface area contributed by atoms with Gasteiger partial charge >= 0.3 is 5.97 Å². The zero-order valence-electron chi connectivity index (χ0n) is 21.0. The Bertz CT molecular complexity index is 1560. The smallest absolute Gasteiger partial charge is 0.335 e. The number of ether oxygens (including phenoxy) is 1. The normalized spacial score (nSPS) is 15.3. The molecule has 1 N–H and O–H groups in total. The number of likely N-dealkylation sites (tertiary alicyclic amines) is 1. The van der Waals surface area contributed by atoms with E-state index in [2.05, 4.69) is 0 Å². The first-order chi connectivity index (χ1) is 18.7. The van der Waals surface area contributed by atoms with Gasteiger partial charge in [-0.2, -0.15) is 0 Å². The number of rotatable bonds is 8. The number of benzene rings is 3. The maximum absolute atomic E-state index is 15.3. The number of fused-ring (bicyclic) bond motifs is 1. The third-order valence-corrected chi connectivity index (χ3v) is 8.31. The van der Waals surface area contributed by atoms with Crippen molar-refractivity contribution in [2.45, 2.75) is 42.4 Å². The van der Waals surface area contributed by atoms with Crippen molar-refractivity contribution in [2.24, 2.45) is 0 Å². The molecule has 6 nitrogen and oxygen atoms in total. The summed E-state index contributed by atoms with van der Waals surface area (Å²) in [4.78, 5) is 27.9. The van der Waals surface area contributed by atoms with Gasteiger partial charge in [-0.25, -0.2) is 13.6 Å². The van der Waals surface area contributed by atoms with E-state index in [1.165, 1.54) is 36.0 Å². The van der Waals surface area contributed by atoms with Crippen LogP contribution in [0.25, 0.3) is 10.9 Å². The van der Waals surface area contributed by atoms with Crippen molar-refractivity contribution in [2.75, 3.05) is 13.1 Å². The highest BCUT2D eigenvalue weighted by Gasteiger charge is 2.29. The van der Waals surface area contributed by atoms with Crippen LogP contribution in [0.5, 0.6) is 0 Å². The van der Waals surface area contributed by atoms with Crippen molar-refractivity contribution >= 4 is 46.1 Å². The Hall–Kier alpha value is -3.40. The number of hydrogen-bond donors (Lipinski definition) is 1. The third-order valence-electron chi connectivity index (χ3n) is 6.81. The van der Waals surface area contributed by atoms with E-state index in [1.807, 2.05) is 6.92 Å². The van der Waals surface area contributed by atoms with Gasteiger partial charge in [0.05, 0.1) is 28.8 Å². The van der Waals surface area contributed by atoms with Crippen LogP contribution in [0.1, 0.15) is 28.0 Å². The lowest BCUT2D eigenvalue weighted by Gasteiger charge is -2.18. The Balaban J connectivity index is 1.35. The number of carboxylic acid groups (broad SMARTS) is 1. The van der Waals surface area contributed by atoms with Gasteiger partial charge in [0.2, 0.25) is 5.91 Å². The van der Waals surface area contributed by atoms with Crippen molar-refractivity contribution < 1.29 is 28.2 Å². The van der Waals surface area contributed by atoms with Crippen molar-refractivity contribution in [3.05, 3.63) is 94.1 Å². The first-order valence-corrected chi connectivity index (χ1v) is 13.5. The molecule has 10 heteroatoms. The summed E-state index contributed by atoms with van der Waals surface area (Å²) >= 11 is 7.43. The summed E-state index contributed by atoms with van der Waals surface area (Å²) < 4.78 is 36.0. The average Bonchev–Trinajstić information content (AvgIpc) is 3.50.